The quantitative estimate of drug-likeness (QED) is 0.348. The molecule has 0 saturated carbocycles. The molecule has 5 aromatic rings. The number of aryl methyl sites for hydroxylation is 1. The molecule has 1 aliphatic rings. The van der Waals surface area contributed by atoms with E-state index in [9.17, 15) is 0 Å². The molecule has 1 aliphatic heterocycles. The van der Waals surface area contributed by atoms with E-state index in [4.69, 9.17) is 4.74 Å². The Labute approximate surface area is 165 Å². The van der Waals surface area contributed by atoms with E-state index in [2.05, 4.69) is 64.2 Å². The van der Waals surface area contributed by atoms with Crippen molar-refractivity contribution >= 4 is 33.6 Å². The fourth-order valence-electron chi connectivity index (χ4n) is 3.92. The van der Waals surface area contributed by atoms with Crippen LogP contribution in [0.4, 0.5) is 0 Å². The molecule has 0 aliphatic carbocycles. The summed E-state index contributed by atoms with van der Waals surface area (Å²) in [5.41, 5.74) is 4.28. The summed E-state index contributed by atoms with van der Waals surface area (Å²) in [7, 11) is 2.07. The van der Waals surface area contributed by atoms with Gasteiger partial charge < -0.3 is 9.30 Å². The predicted octanol–water partition coefficient (Wildman–Crippen LogP) is 6.05. The standard InChI is InChI=1S/C23H15N3OS/c1-26-10-9-14-17-12-24-13-25-18(17)11-16(22(14)26)15-5-4-8-21-23(15)27-19-6-2-3-7-20(19)28-21/h2-13H,1H3. The lowest BCUT2D eigenvalue weighted by molar-refractivity contribution is 0.456. The molecule has 5 heteroatoms. The van der Waals surface area contributed by atoms with Crippen molar-refractivity contribution < 1.29 is 4.74 Å². The first-order valence-corrected chi connectivity index (χ1v) is 9.87. The summed E-state index contributed by atoms with van der Waals surface area (Å²) in [4.78, 5) is 11.0. The monoisotopic (exact) mass is 381 g/mol. The first-order chi connectivity index (χ1) is 13.8. The molecule has 6 rings (SSSR count). The minimum absolute atomic E-state index is 0.902. The molecule has 4 nitrogen and oxygen atoms in total. The first-order valence-electron chi connectivity index (χ1n) is 9.05. The summed E-state index contributed by atoms with van der Waals surface area (Å²) < 4.78 is 8.53. The molecule has 0 N–H and O–H groups in total. The van der Waals surface area contributed by atoms with Gasteiger partial charge >= 0.3 is 0 Å². The van der Waals surface area contributed by atoms with Crippen molar-refractivity contribution in [3.63, 3.8) is 0 Å². The number of para-hydroxylation sites is 2. The third-order valence-corrected chi connectivity index (χ3v) is 6.29. The van der Waals surface area contributed by atoms with Crippen molar-refractivity contribution in [3.8, 4) is 22.6 Å². The Hall–Kier alpha value is -3.31. The molecule has 0 spiro atoms. The minimum Gasteiger partial charge on any atom is -0.454 e. The molecule has 0 saturated heterocycles. The molecular weight excluding hydrogens is 366 g/mol. The Bertz CT molecular complexity index is 1390. The largest absolute Gasteiger partial charge is 0.454 e. The van der Waals surface area contributed by atoms with Crippen molar-refractivity contribution in [2.24, 2.45) is 7.05 Å². The van der Waals surface area contributed by atoms with Crippen molar-refractivity contribution in [1.29, 1.82) is 0 Å². The molecule has 3 heterocycles. The molecule has 0 unspecified atom stereocenters. The second kappa shape index (κ2) is 5.84. The lowest BCUT2D eigenvalue weighted by Crippen LogP contribution is -1.98. The summed E-state index contributed by atoms with van der Waals surface area (Å²) in [5.74, 6) is 1.81. The van der Waals surface area contributed by atoms with Crippen LogP contribution < -0.4 is 4.74 Å². The maximum atomic E-state index is 6.38. The topological polar surface area (TPSA) is 39.9 Å². The summed E-state index contributed by atoms with van der Waals surface area (Å²) in [6.07, 6.45) is 5.57. The molecule has 2 aromatic heterocycles. The Morgan fingerprint density at radius 2 is 1.82 bits per heavy atom. The number of nitrogens with zero attached hydrogens (tertiary/aromatic N) is 3. The molecule has 0 fully saturated rings. The fourth-order valence-corrected chi connectivity index (χ4v) is 4.90. The molecule has 0 amide bonds. The third kappa shape index (κ3) is 2.20. The average Bonchev–Trinajstić information content (AvgIpc) is 3.13. The van der Waals surface area contributed by atoms with Gasteiger partial charge in [0.1, 0.15) is 17.8 Å². The highest BCUT2D eigenvalue weighted by Crippen LogP contribution is 2.51. The van der Waals surface area contributed by atoms with Crippen molar-refractivity contribution in [2.75, 3.05) is 0 Å². The van der Waals surface area contributed by atoms with Crippen LogP contribution in [0.3, 0.4) is 0 Å². The molecule has 0 bridgehead atoms. The number of benzene rings is 3. The Balaban J connectivity index is 1.66. The number of rotatable bonds is 1. The number of fused-ring (bicyclic) bond motifs is 5. The average molecular weight is 381 g/mol. The van der Waals surface area contributed by atoms with Gasteiger partial charge in [-0.25, -0.2) is 9.97 Å². The van der Waals surface area contributed by atoms with E-state index in [0.29, 0.717) is 0 Å². The molecule has 134 valence electrons. The van der Waals surface area contributed by atoms with Gasteiger partial charge in [-0.2, -0.15) is 0 Å². The van der Waals surface area contributed by atoms with Gasteiger partial charge in [-0.15, -0.1) is 0 Å². The van der Waals surface area contributed by atoms with Crippen LogP contribution in [0.5, 0.6) is 11.5 Å². The van der Waals surface area contributed by atoms with Gasteiger partial charge in [-0.1, -0.05) is 36.0 Å². The van der Waals surface area contributed by atoms with E-state index in [1.807, 2.05) is 24.4 Å². The van der Waals surface area contributed by atoms with Crippen LogP contribution in [0.1, 0.15) is 0 Å². The number of hydrogen-bond acceptors (Lipinski definition) is 4. The summed E-state index contributed by atoms with van der Waals surface area (Å²) in [6, 6.07) is 18.8. The van der Waals surface area contributed by atoms with E-state index in [-0.39, 0.29) is 0 Å². The highest BCUT2D eigenvalue weighted by atomic mass is 32.2. The zero-order valence-corrected chi connectivity index (χ0v) is 15.9. The second-order valence-electron chi connectivity index (χ2n) is 6.85. The van der Waals surface area contributed by atoms with E-state index in [0.717, 1.165) is 54.2 Å². The zero-order valence-electron chi connectivity index (χ0n) is 15.1. The Morgan fingerprint density at radius 3 is 2.79 bits per heavy atom. The zero-order chi connectivity index (χ0) is 18.7. The van der Waals surface area contributed by atoms with Crippen LogP contribution in [0.25, 0.3) is 32.9 Å². The van der Waals surface area contributed by atoms with Crippen molar-refractivity contribution in [2.45, 2.75) is 9.79 Å². The number of hydrogen-bond donors (Lipinski definition) is 0. The van der Waals surface area contributed by atoms with Gasteiger partial charge in [0.05, 0.1) is 20.8 Å². The summed E-state index contributed by atoms with van der Waals surface area (Å²) in [5, 5.41) is 2.21. The molecular formula is C23H15N3OS. The summed E-state index contributed by atoms with van der Waals surface area (Å²) in [6.45, 7) is 0. The van der Waals surface area contributed by atoms with E-state index >= 15 is 0 Å². The molecule has 3 aromatic carbocycles. The lowest BCUT2D eigenvalue weighted by atomic mass is 9.99. The van der Waals surface area contributed by atoms with E-state index < -0.39 is 0 Å². The van der Waals surface area contributed by atoms with Gasteiger partial charge in [0.25, 0.3) is 0 Å². The third-order valence-electron chi connectivity index (χ3n) is 5.19. The van der Waals surface area contributed by atoms with Gasteiger partial charge in [0.2, 0.25) is 0 Å². The molecule has 0 radical (unpaired) electrons. The Kier molecular flexibility index (Phi) is 3.28. The van der Waals surface area contributed by atoms with E-state index in [1.165, 1.54) is 0 Å². The summed E-state index contributed by atoms with van der Waals surface area (Å²) >= 11 is 1.75. The van der Waals surface area contributed by atoms with Crippen LogP contribution in [-0.2, 0) is 7.05 Å². The molecule has 28 heavy (non-hydrogen) atoms. The predicted molar refractivity (Wildman–Crippen MR) is 112 cm³/mol. The van der Waals surface area contributed by atoms with Crippen LogP contribution >= 0.6 is 11.8 Å². The van der Waals surface area contributed by atoms with E-state index in [1.54, 1.807) is 18.1 Å². The maximum Gasteiger partial charge on any atom is 0.149 e. The van der Waals surface area contributed by atoms with Gasteiger partial charge in [-0.05, 0) is 30.3 Å². The van der Waals surface area contributed by atoms with Crippen molar-refractivity contribution in [3.05, 3.63) is 73.3 Å². The molecule has 0 atom stereocenters. The van der Waals surface area contributed by atoms with Gasteiger partial charge in [-0.3, -0.25) is 0 Å². The first kappa shape index (κ1) is 15.7. The highest BCUT2D eigenvalue weighted by molar-refractivity contribution is 7.99. The SMILES string of the molecule is Cn1ccc2c3cncnc3cc(-c3cccc4c3Oc3ccccc3S4)c21. The lowest BCUT2D eigenvalue weighted by Gasteiger charge is -2.22. The van der Waals surface area contributed by atoms with Crippen LogP contribution in [0.15, 0.2) is 83.1 Å². The maximum absolute atomic E-state index is 6.38. The fraction of sp³-hybridized carbons (Fsp3) is 0.0435. The van der Waals surface area contributed by atoms with Crippen LogP contribution in [-0.4, -0.2) is 14.5 Å². The van der Waals surface area contributed by atoms with Crippen LogP contribution in [0, 0.1) is 0 Å². The van der Waals surface area contributed by atoms with Gasteiger partial charge in [0.15, 0.2) is 0 Å². The Morgan fingerprint density at radius 1 is 0.929 bits per heavy atom. The normalized spacial score (nSPS) is 12.6. The second-order valence-corrected chi connectivity index (χ2v) is 7.94. The highest BCUT2D eigenvalue weighted by Gasteiger charge is 2.23. The van der Waals surface area contributed by atoms with Crippen LogP contribution in [0.2, 0.25) is 0 Å². The number of aromatic nitrogens is 3. The van der Waals surface area contributed by atoms with Gasteiger partial charge in [0, 0.05) is 41.3 Å². The smallest absolute Gasteiger partial charge is 0.149 e. The number of ether oxygens (including phenoxy) is 1. The minimum atomic E-state index is 0.902. The van der Waals surface area contributed by atoms with Crippen molar-refractivity contribution in [1.82, 2.24) is 14.5 Å².